The molecule has 0 unspecified atom stereocenters. The smallest absolute Gasteiger partial charge is 0.311 e. The topological polar surface area (TPSA) is 132 Å². The normalized spacial score (nSPS) is 10.6. The van der Waals surface area contributed by atoms with Crippen LogP contribution in [0.4, 0.5) is 11.4 Å². The van der Waals surface area contributed by atoms with Crippen LogP contribution in [0.25, 0.3) is 22.6 Å². The number of ether oxygens (including phenoxy) is 1. The summed E-state index contributed by atoms with van der Waals surface area (Å²) in [4.78, 5) is 31.6. The van der Waals surface area contributed by atoms with Crippen LogP contribution in [0.3, 0.4) is 0 Å². The second kappa shape index (κ2) is 9.40. The van der Waals surface area contributed by atoms with E-state index < -0.39 is 10.8 Å². The van der Waals surface area contributed by atoms with Gasteiger partial charge in [-0.25, -0.2) is 4.98 Å². The lowest BCUT2D eigenvalue weighted by molar-refractivity contribution is -0.385. The number of nitro groups is 1. The highest BCUT2D eigenvalue weighted by molar-refractivity contribution is 7.80. The van der Waals surface area contributed by atoms with Gasteiger partial charge in [0.25, 0.3) is 5.91 Å². The molecule has 1 amide bonds. The molecule has 0 aliphatic carbocycles. The minimum atomic E-state index is -0.605. The first-order chi connectivity index (χ1) is 15.9. The minimum absolute atomic E-state index is 0.0220. The monoisotopic (exact) mass is 463 g/mol. The first kappa shape index (κ1) is 21.8. The molecule has 0 radical (unpaired) electrons. The lowest BCUT2D eigenvalue weighted by Crippen LogP contribution is -2.34. The van der Waals surface area contributed by atoms with Gasteiger partial charge in [-0.3, -0.25) is 25.2 Å². The summed E-state index contributed by atoms with van der Waals surface area (Å²) >= 11 is 5.22. The molecule has 2 N–H and O–H groups in total. The van der Waals surface area contributed by atoms with Gasteiger partial charge >= 0.3 is 5.69 Å². The van der Waals surface area contributed by atoms with Crippen LogP contribution < -0.4 is 15.4 Å². The molecule has 2 aromatic heterocycles. The van der Waals surface area contributed by atoms with Crippen molar-refractivity contribution >= 4 is 45.7 Å². The third-order valence-corrected chi connectivity index (χ3v) is 4.72. The molecule has 4 aromatic rings. The SMILES string of the molecule is CCOc1ccc(C(=O)NC(=S)Nc2ccc3oc(-c4ccncc4)nc3c2)cc1[N+](=O)[O-]. The van der Waals surface area contributed by atoms with Gasteiger partial charge in [-0.1, -0.05) is 0 Å². The minimum Gasteiger partial charge on any atom is -0.487 e. The number of rotatable bonds is 6. The Kier molecular flexibility index (Phi) is 6.22. The van der Waals surface area contributed by atoms with Crippen LogP contribution in [0.5, 0.6) is 5.75 Å². The number of nitro benzene ring substituents is 1. The molecule has 0 atom stereocenters. The Morgan fingerprint density at radius 3 is 2.70 bits per heavy atom. The van der Waals surface area contributed by atoms with E-state index in [1.807, 2.05) is 0 Å². The van der Waals surface area contributed by atoms with Crippen molar-refractivity contribution in [3.63, 3.8) is 0 Å². The number of hydrogen-bond acceptors (Lipinski definition) is 8. The van der Waals surface area contributed by atoms with Crippen molar-refractivity contribution in [1.82, 2.24) is 15.3 Å². The number of fused-ring (bicyclic) bond motifs is 1. The first-order valence-electron chi connectivity index (χ1n) is 9.79. The zero-order valence-corrected chi connectivity index (χ0v) is 18.1. The number of nitrogens with one attached hydrogen (secondary N) is 2. The summed E-state index contributed by atoms with van der Waals surface area (Å²) in [6, 6.07) is 12.7. The standard InChI is InChI=1S/C22H17N5O5S/c1-2-31-19-5-3-14(11-17(19)27(29)30)20(28)26-22(33)24-15-4-6-18-16(12-15)25-21(32-18)13-7-9-23-10-8-13/h3-12H,2H2,1H3,(H2,24,26,28,33). The number of thiocarbonyl (C=S) groups is 1. The summed E-state index contributed by atoms with van der Waals surface area (Å²) < 4.78 is 11.0. The fraction of sp³-hybridized carbons (Fsp3) is 0.0909. The predicted molar refractivity (Wildman–Crippen MR) is 125 cm³/mol. The Balaban J connectivity index is 1.46. The number of aromatic nitrogens is 2. The lowest BCUT2D eigenvalue weighted by atomic mass is 10.1. The van der Waals surface area contributed by atoms with Crippen molar-refractivity contribution in [2.24, 2.45) is 0 Å². The molecule has 0 fully saturated rings. The molecule has 4 rings (SSSR count). The van der Waals surface area contributed by atoms with E-state index in [9.17, 15) is 14.9 Å². The molecule has 33 heavy (non-hydrogen) atoms. The van der Waals surface area contributed by atoms with Crippen molar-refractivity contribution in [2.45, 2.75) is 6.92 Å². The lowest BCUT2D eigenvalue weighted by Gasteiger charge is -2.10. The van der Waals surface area contributed by atoms with Crippen LogP contribution in [-0.4, -0.2) is 32.5 Å². The van der Waals surface area contributed by atoms with Crippen LogP contribution in [0, 0.1) is 10.1 Å². The summed E-state index contributed by atoms with van der Waals surface area (Å²) in [5.74, 6) is -0.0505. The van der Waals surface area contributed by atoms with E-state index in [1.54, 1.807) is 49.6 Å². The summed E-state index contributed by atoms with van der Waals surface area (Å²) in [6.45, 7) is 1.98. The number of pyridine rings is 1. The summed E-state index contributed by atoms with van der Waals surface area (Å²) in [5.41, 5.74) is 2.34. The zero-order chi connectivity index (χ0) is 23.4. The van der Waals surface area contributed by atoms with E-state index in [0.717, 1.165) is 11.6 Å². The van der Waals surface area contributed by atoms with Gasteiger partial charge in [0.2, 0.25) is 5.89 Å². The molecule has 0 aliphatic heterocycles. The third kappa shape index (κ3) is 4.93. The van der Waals surface area contributed by atoms with E-state index in [0.29, 0.717) is 22.7 Å². The molecule has 11 heteroatoms. The van der Waals surface area contributed by atoms with E-state index >= 15 is 0 Å². The summed E-state index contributed by atoms with van der Waals surface area (Å²) in [6.07, 6.45) is 3.30. The molecule has 166 valence electrons. The quantitative estimate of drug-likeness (QED) is 0.244. The fourth-order valence-corrected chi connectivity index (χ4v) is 3.25. The number of carbonyl (C=O) groups excluding carboxylic acids is 1. The van der Waals surface area contributed by atoms with E-state index in [2.05, 4.69) is 20.6 Å². The second-order valence-electron chi connectivity index (χ2n) is 6.72. The number of benzene rings is 2. The van der Waals surface area contributed by atoms with Crippen LogP contribution >= 0.6 is 12.2 Å². The van der Waals surface area contributed by atoms with Crippen LogP contribution in [0.1, 0.15) is 17.3 Å². The van der Waals surface area contributed by atoms with Crippen molar-refractivity contribution in [2.75, 3.05) is 11.9 Å². The average Bonchev–Trinajstić information content (AvgIpc) is 3.23. The Morgan fingerprint density at radius 1 is 1.18 bits per heavy atom. The zero-order valence-electron chi connectivity index (χ0n) is 17.3. The molecule has 0 saturated heterocycles. The summed E-state index contributed by atoms with van der Waals surface area (Å²) in [7, 11) is 0. The van der Waals surface area contributed by atoms with Crippen LogP contribution in [-0.2, 0) is 0 Å². The number of hydrogen-bond donors (Lipinski definition) is 2. The summed E-state index contributed by atoms with van der Waals surface area (Å²) in [5, 5.41) is 16.7. The van der Waals surface area contributed by atoms with Gasteiger partial charge in [0, 0.05) is 35.3 Å². The second-order valence-corrected chi connectivity index (χ2v) is 7.13. The third-order valence-electron chi connectivity index (χ3n) is 4.52. The van der Waals surface area contributed by atoms with Crippen molar-refractivity contribution in [1.29, 1.82) is 0 Å². The van der Waals surface area contributed by atoms with Gasteiger partial charge in [-0.15, -0.1) is 0 Å². The Morgan fingerprint density at radius 2 is 1.97 bits per heavy atom. The maximum atomic E-state index is 12.5. The van der Waals surface area contributed by atoms with Crippen LogP contribution in [0.2, 0.25) is 0 Å². The Hall–Kier alpha value is -4.38. The van der Waals surface area contributed by atoms with Crippen molar-refractivity contribution in [3.8, 4) is 17.2 Å². The number of anilines is 1. The van der Waals surface area contributed by atoms with Gasteiger partial charge in [0.05, 0.1) is 11.5 Å². The van der Waals surface area contributed by atoms with Gasteiger partial charge in [0.1, 0.15) is 5.52 Å². The highest BCUT2D eigenvalue weighted by atomic mass is 32.1. The van der Waals surface area contributed by atoms with E-state index in [-0.39, 0.29) is 28.7 Å². The highest BCUT2D eigenvalue weighted by Crippen LogP contribution is 2.28. The Bertz CT molecular complexity index is 1360. The van der Waals surface area contributed by atoms with E-state index in [4.69, 9.17) is 21.4 Å². The number of oxazole rings is 1. The van der Waals surface area contributed by atoms with Gasteiger partial charge in [-0.2, -0.15) is 0 Å². The maximum Gasteiger partial charge on any atom is 0.311 e. The number of amides is 1. The molecular weight excluding hydrogens is 446 g/mol. The largest absolute Gasteiger partial charge is 0.487 e. The molecular formula is C22H17N5O5S. The molecule has 0 aliphatic rings. The highest BCUT2D eigenvalue weighted by Gasteiger charge is 2.19. The molecule has 0 saturated carbocycles. The molecule has 0 bridgehead atoms. The Labute approximate surface area is 192 Å². The van der Waals surface area contributed by atoms with E-state index in [1.165, 1.54) is 12.1 Å². The molecule has 10 nitrogen and oxygen atoms in total. The molecule has 2 heterocycles. The van der Waals surface area contributed by atoms with Crippen LogP contribution in [0.15, 0.2) is 65.3 Å². The first-order valence-corrected chi connectivity index (χ1v) is 10.2. The van der Waals surface area contributed by atoms with Gasteiger partial charge < -0.3 is 14.5 Å². The van der Waals surface area contributed by atoms with Gasteiger partial charge in [0.15, 0.2) is 16.4 Å². The predicted octanol–water partition coefficient (Wildman–Crippen LogP) is 4.32. The van der Waals surface area contributed by atoms with Crippen molar-refractivity contribution < 1.29 is 18.9 Å². The van der Waals surface area contributed by atoms with Crippen molar-refractivity contribution in [3.05, 3.63) is 76.6 Å². The molecule has 0 spiro atoms. The number of carbonyl (C=O) groups is 1. The maximum absolute atomic E-state index is 12.5. The fourth-order valence-electron chi connectivity index (χ4n) is 3.04. The number of nitrogens with zero attached hydrogens (tertiary/aromatic N) is 3. The van der Waals surface area contributed by atoms with Gasteiger partial charge in [-0.05, 0) is 61.6 Å². The molecule has 2 aromatic carbocycles. The average molecular weight is 463 g/mol.